The number of nitrogens with zero attached hydrogens (tertiary/aromatic N) is 3. The molecule has 11 heteroatoms. The van der Waals surface area contributed by atoms with Gasteiger partial charge in [-0.05, 0) is 46.0 Å². The number of non-ortho nitro benzene ring substituents is 1. The number of esters is 1. The molecule has 0 saturated heterocycles. The number of thiazole rings is 1. The van der Waals surface area contributed by atoms with Gasteiger partial charge in [-0.25, -0.2) is 9.79 Å². The number of ether oxygens (including phenoxy) is 1. The van der Waals surface area contributed by atoms with Crippen molar-refractivity contribution in [3.8, 4) is 5.75 Å². The van der Waals surface area contributed by atoms with Gasteiger partial charge in [0.05, 0.1) is 37.8 Å². The van der Waals surface area contributed by atoms with Gasteiger partial charge in [-0.15, -0.1) is 0 Å². The molecular weight excluding hydrogens is 622 g/mol. The lowest BCUT2D eigenvalue weighted by atomic mass is 9.91. The van der Waals surface area contributed by atoms with Crippen molar-refractivity contribution in [2.45, 2.75) is 32.7 Å². The van der Waals surface area contributed by atoms with Crippen LogP contribution in [0, 0.1) is 10.1 Å². The van der Waals surface area contributed by atoms with E-state index in [-0.39, 0.29) is 44.1 Å². The summed E-state index contributed by atoms with van der Waals surface area (Å²) in [5.41, 5.74) is 2.46. The Morgan fingerprint density at radius 2 is 1.88 bits per heavy atom. The molecule has 1 atom stereocenters. The van der Waals surface area contributed by atoms with Crippen LogP contribution in [0.15, 0.2) is 86.6 Å². The van der Waals surface area contributed by atoms with E-state index >= 15 is 0 Å². The van der Waals surface area contributed by atoms with Gasteiger partial charge >= 0.3 is 5.97 Å². The molecule has 0 unspecified atom stereocenters. The number of hydrogen-bond acceptors (Lipinski definition) is 8. The van der Waals surface area contributed by atoms with E-state index in [1.54, 1.807) is 6.92 Å². The van der Waals surface area contributed by atoms with Crippen LogP contribution in [-0.2, 0) is 9.53 Å². The third-order valence-electron chi connectivity index (χ3n) is 6.87. The maximum Gasteiger partial charge on any atom is 0.338 e. The number of carbonyl (C=O) groups excluding carboxylic acids is 1. The number of fused-ring (bicyclic) bond motifs is 1. The topological polar surface area (TPSA) is 124 Å². The minimum absolute atomic E-state index is 0.0899. The fourth-order valence-corrected chi connectivity index (χ4v) is 6.24. The zero-order valence-electron chi connectivity index (χ0n) is 22.9. The maximum absolute atomic E-state index is 14.0. The standard InChI is InChI=1S/C31H26BrN3O6S/c1-4-41-30(38)25-26(19-8-6-5-7-9-19)33-31-34(27(25)20-12-10-18(11-13-20)17(2)3)29(37)24(42-31)15-21-14-22(35(39)40)16-23(32)28(21)36/h5-17,27,36H,4H2,1-3H3/b24-15-/t27-/m0/s1. The lowest BCUT2D eigenvalue weighted by molar-refractivity contribution is -0.385. The number of halogens is 1. The number of hydrogen-bond donors (Lipinski definition) is 1. The zero-order valence-corrected chi connectivity index (χ0v) is 25.3. The Kier molecular flexibility index (Phi) is 8.24. The number of aromatic hydroxyl groups is 1. The fraction of sp³-hybridized carbons (Fsp3) is 0.194. The van der Waals surface area contributed by atoms with Gasteiger partial charge in [-0.2, -0.15) is 0 Å². The van der Waals surface area contributed by atoms with E-state index in [1.807, 2.05) is 54.6 Å². The molecule has 1 aromatic heterocycles. The Hall–Kier alpha value is -4.35. The second-order valence-corrected chi connectivity index (χ2v) is 11.7. The average molecular weight is 649 g/mol. The molecule has 0 fully saturated rings. The monoisotopic (exact) mass is 647 g/mol. The Morgan fingerprint density at radius 3 is 2.50 bits per heavy atom. The highest BCUT2D eigenvalue weighted by Crippen LogP contribution is 2.36. The summed E-state index contributed by atoms with van der Waals surface area (Å²) < 4.78 is 7.24. The summed E-state index contributed by atoms with van der Waals surface area (Å²) in [5.74, 6) is -0.556. The molecule has 0 aliphatic carbocycles. The summed E-state index contributed by atoms with van der Waals surface area (Å²) in [6.45, 7) is 6.01. The molecule has 9 nitrogen and oxygen atoms in total. The Morgan fingerprint density at radius 1 is 1.19 bits per heavy atom. The molecule has 42 heavy (non-hydrogen) atoms. The number of nitro groups is 1. The number of rotatable bonds is 7. The normalized spacial score (nSPS) is 15.0. The smallest absolute Gasteiger partial charge is 0.338 e. The van der Waals surface area contributed by atoms with Crippen molar-refractivity contribution < 1.29 is 19.6 Å². The lowest BCUT2D eigenvalue weighted by Gasteiger charge is -2.26. The van der Waals surface area contributed by atoms with Gasteiger partial charge in [0.2, 0.25) is 0 Å². The second-order valence-electron chi connectivity index (χ2n) is 9.88. The molecule has 1 aliphatic rings. The summed E-state index contributed by atoms with van der Waals surface area (Å²) in [6, 6.07) is 18.5. The summed E-state index contributed by atoms with van der Waals surface area (Å²) in [4.78, 5) is 43.6. The first-order valence-electron chi connectivity index (χ1n) is 13.2. The van der Waals surface area contributed by atoms with E-state index in [9.17, 15) is 24.8 Å². The molecule has 0 saturated carbocycles. The van der Waals surface area contributed by atoms with Crippen LogP contribution in [0.5, 0.6) is 5.75 Å². The molecule has 214 valence electrons. The molecule has 3 aromatic carbocycles. The highest BCUT2D eigenvalue weighted by molar-refractivity contribution is 9.10. The van der Waals surface area contributed by atoms with Gasteiger partial charge in [-0.1, -0.05) is 79.8 Å². The molecule has 1 aliphatic heterocycles. The van der Waals surface area contributed by atoms with Crippen LogP contribution >= 0.6 is 27.3 Å². The summed E-state index contributed by atoms with van der Waals surface area (Å²) in [6.07, 6.45) is 1.39. The van der Waals surface area contributed by atoms with E-state index in [1.165, 1.54) is 22.8 Å². The highest BCUT2D eigenvalue weighted by Gasteiger charge is 2.35. The van der Waals surface area contributed by atoms with Gasteiger partial charge in [0.15, 0.2) is 4.80 Å². The van der Waals surface area contributed by atoms with E-state index in [2.05, 4.69) is 29.8 Å². The number of phenols is 1. The van der Waals surface area contributed by atoms with Crippen molar-refractivity contribution in [2.75, 3.05) is 6.61 Å². The van der Waals surface area contributed by atoms with Crippen LogP contribution < -0.4 is 14.9 Å². The summed E-state index contributed by atoms with van der Waals surface area (Å²) >= 11 is 4.21. The van der Waals surface area contributed by atoms with Crippen molar-refractivity contribution in [3.05, 3.63) is 129 Å². The Labute approximate surface area is 253 Å². The molecule has 0 bridgehead atoms. The van der Waals surface area contributed by atoms with Gasteiger partial charge < -0.3 is 9.84 Å². The van der Waals surface area contributed by atoms with E-state index in [4.69, 9.17) is 9.73 Å². The summed E-state index contributed by atoms with van der Waals surface area (Å²) in [7, 11) is 0. The van der Waals surface area contributed by atoms with Crippen LogP contribution in [-0.4, -0.2) is 27.2 Å². The predicted octanol–water partition coefficient (Wildman–Crippen LogP) is 5.44. The number of benzene rings is 3. The molecular formula is C31H26BrN3O6S. The predicted molar refractivity (Wildman–Crippen MR) is 164 cm³/mol. The van der Waals surface area contributed by atoms with E-state index in [0.29, 0.717) is 21.6 Å². The van der Waals surface area contributed by atoms with Crippen molar-refractivity contribution in [3.63, 3.8) is 0 Å². The maximum atomic E-state index is 14.0. The van der Waals surface area contributed by atoms with Gasteiger partial charge in [0, 0.05) is 23.3 Å². The first-order chi connectivity index (χ1) is 20.1. The SMILES string of the molecule is CCOC(=O)C1=C(c2ccccc2)N=c2s/c(=C\c3cc([N+](=O)[O-])cc(Br)c3O)c(=O)n2[C@H]1c1ccc(C(C)C)cc1. The van der Waals surface area contributed by atoms with Crippen molar-refractivity contribution in [1.82, 2.24) is 4.57 Å². The fourth-order valence-electron chi connectivity index (χ4n) is 4.78. The average Bonchev–Trinajstić information content (AvgIpc) is 3.29. The highest BCUT2D eigenvalue weighted by atomic mass is 79.9. The summed E-state index contributed by atoms with van der Waals surface area (Å²) in [5, 5.41) is 22.1. The molecule has 0 spiro atoms. The molecule has 4 aromatic rings. The largest absolute Gasteiger partial charge is 0.506 e. The minimum atomic E-state index is -0.857. The van der Waals surface area contributed by atoms with Crippen molar-refractivity contribution >= 4 is 50.7 Å². The second kappa shape index (κ2) is 11.9. The number of carbonyl (C=O) groups is 1. The molecule has 5 rings (SSSR count). The third-order valence-corrected chi connectivity index (χ3v) is 8.46. The molecule has 1 N–H and O–H groups in total. The minimum Gasteiger partial charge on any atom is -0.506 e. The van der Waals surface area contributed by atoms with Crippen LogP contribution in [0.25, 0.3) is 11.8 Å². The van der Waals surface area contributed by atoms with Crippen LogP contribution in [0.1, 0.15) is 55.0 Å². The van der Waals surface area contributed by atoms with Crippen molar-refractivity contribution in [2.24, 2.45) is 4.99 Å². The quantitative estimate of drug-likeness (QED) is 0.162. The van der Waals surface area contributed by atoms with E-state index in [0.717, 1.165) is 16.9 Å². The van der Waals surface area contributed by atoms with Crippen LogP contribution in [0.2, 0.25) is 0 Å². The van der Waals surface area contributed by atoms with E-state index < -0.39 is 22.5 Å². The van der Waals surface area contributed by atoms with Crippen LogP contribution in [0.3, 0.4) is 0 Å². The Balaban J connectivity index is 1.83. The molecule has 0 amide bonds. The molecule has 0 radical (unpaired) electrons. The number of nitro benzene ring substituents is 1. The van der Waals surface area contributed by atoms with Gasteiger partial charge in [-0.3, -0.25) is 19.5 Å². The van der Waals surface area contributed by atoms with Crippen LogP contribution in [0.4, 0.5) is 5.69 Å². The molecule has 2 heterocycles. The lowest BCUT2D eigenvalue weighted by Crippen LogP contribution is -2.40. The zero-order chi connectivity index (χ0) is 30.1. The number of phenolic OH excluding ortho intramolecular Hbond substituents is 1. The Bertz CT molecular complexity index is 1910. The number of aromatic nitrogens is 1. The first-order valence-corrected chi connectivity index (χ1v) is 14.8. The van der Waals surface area contributed by atoms with Gasteiger partial charge in [0.25, 0.3) is 11.2 Å². The van der Waals surface area contributed by atoms with Crippen molar-refractivity contribution in [1.29, 1.82) is 0 Å². The first kappa shape index (κ1) is 29.2. The third kappa shape index (κ3) is 5.45. The van der Waals surface area contributed by atoms with Gasteiger partial charge in [0.1, 0.15) is 5.75 Å².